The van der Waals surface area contributed by atoms with Crippen molar-refractivity contribution in [2.45, 2.75) is 146 Å². The minimum atomic E-state index is -0.676. The van der Waals surface area contributed by atoms with Crippen LogP contribution in [0.3, 0.4) is 0 Å². The molecule has 5 aromatic carbocycles. The molecule has 0 atom stereocenters. The number of anilines is 1. The molecule has 0 bridgehead atoms. The third-order valence-corrected chi connectivity index (χ3v) is 15.6. The van der Waals surface area contributed by atoms with Gasteiger partial charge in [-0.3, -0.25) is 9.59 Å². The van der Waals surface area contributed by atoms with Crippen molar-refractivity contribution < 1.29 is 23.9 Å². The van der Waals surface area contributed by atoms with E-state index < -0.39 is 5.97 Å². The van der Waals surface area contributed by atoms with Crippen molar-refractivity contribution in [1.82, 2.24) is 0 Å². The fourth-order valence-electron chi connectivity index (χ4n) is 10.7. The van der Waals surface area contributed by atoms with Gasteiger partial charge in [-0.15, -0.1) is 0 Å². The van der Waals surface area contributed by atoms with Crippen LogP contribution in [0.4, 0.5) is 5.69 Å². The maximum absolute atomic E-state index is 14.2. The van der Waals surface area contributed by atoms with Crippen LogP contribution in [-0.4, -0.2) is 24.1 Å². The normalized spacial score (nSPS) is 19.4. The van der Waals surface area contributed by atoms with Crippen LogP contribution in [0.5, 0.6) is 11.5 Å². The number of carbonyl (C=O) groups excluding carboxylic acids is 3. The molecule has 0 heterocycles. The summed E-state index contributed by atoms with van der Waals surface area (Å²) in [5, 5.41) is 0. The lowest BCUT2D eigenvalue weighted by atomic mass is 9.77. The molecule has 65 heavy (non-hydrogen) atoms. The van der Waals surface area contributed by atoms with Gasteiger partial charge in [-0.2, -0.15) is 0 Å². The van der Waals surface area contributed by atoms with Crippen molar-refractivity contribution in [3.8, 4) is 22.6 Å². The summed E-state index contributed by atoms with van der Waals surface area (Å²) in [6.07, 6.45) is 20.7. The van der Waals surface area contributed by atoms with Crippen LogP contribution in [0.2, 0.25) is 0 Å². The number of nitrogen functional groups attached to an aromatic ring is 1. The Morgan fingerprint density at radius 2 is 1.20 bits per heavy atom. The molecule has 2 saturated carbocycles. The highest BCUT2D eigenvalue weighted by Gasteiger charge is 2.36. The van der Waals surface area contributed by atoms with Crippen molar-refractivity contribution in [3.63, 3.8) is 0 Å². The average Bonchev–Trinajstić information content (AvgIpc) is 3.32. The van der Waals surface area contributed by atoms with Gasteiger partial charge in [0.1, 0.15) is 11.5 Å². The standard InChI is InChI=1S/C58H67NO5S/c1-5-7-9-13-39-17-19-41(20-18-39)36-63-57-37(3)33-45(34-38(57)4)44-27-31-47(32-28-44)65-51-35-50(54(59)53-52(51)55(60)48-15-11-12-16-49(48)56(53)61)58(62)64-46-29-25-43(26-30-46)42-23-21-40(22-24-42)14-10-8-6-2/h11-12,15-16,25-35,39-42H,5-10,13-14,17-24,36,59H2,1-4H3. The number of ketones is 2. The predicted molar refractivity (Wildman–Crippen MR) is 265 cm³/mol. The van der Waals surface area contributed by atoms with Gasteiger partial charge in [0.2, 0.25) is 0 Å². The van der Waals surface area contributed by atoms with Gasteiger partial charge in [-0.25, -0.2) is 4.79 Å². The first-order valence-corrected chi connectivity index (χ1v) is 25.4. The Hall–Kier alpha value is -5.14. The molecule has 6 nitrogen and oxygen atoms in total. The minimum Gasteiger partial charge on any atom is -0.493 e. The number of esters is 1. The molecule has 0 amide bonds. The van der Waals surface area contributed by atoms with E-state index in [9.17, 15) is 14.4 Å². The second-order valence-electron chi connectivity index (χ2n) is 19.2. The highest BCUT2D eigenvalue weighted by Crippen LogP contribution is 2.43. The summed E-state index contributed by atoms with van der Waals surface area (Å²) in [7, 11) is 0. The van der Waals surface area contributed by atoms with Gasteiger partial charge in [0.05, 0.1) is 23.4 Å². The van der Waals surface area contributed by atoms with Crippen molar-refractivity contribution in [1.29, 1.82) is 0 Å². The highest BCUT2D eigenvalue weighted by atomic mass is 32.2. The number of benzene rings is 5. The van der Waals surface area contributed by atoms with Crippen molar-refractivity contribution in [2.75, 3.05) is 12.3 Å². The van der Waals surface area contributed by atoms with Crippen LogP contribution in [0, 0.1) is 31.6 Å². The number of ether oxygens (including phenoxy) is 2. The number of unbranched alkanes of at least 4 members (excludes halogenated alkanes) is 4. The molecular weight excluding hydrogens is 823 g/mol. The first-order valence-electron chi connectivity index (χ1n) is 24.6. The van der Waals surface area contributed by atoms with E-state index in [-0.39, 0.29) is 39.5 Å². The fraction of sp³-hybridized carbons (Fsp3) is 0.431. The van der Waals surface area contributed by atoms with E-state index in [1.165, 1.54) is 120 Å². The molecule has 2 fully saturated rings. The number of rotatable bonds is 17. The lowest BCUT2D eigenvalue weighted by molar-refractivity contribution is 0.0735. The van der Waals surface area contributed by atoms with E-state index in [2.05, 4.69) is 64.1 Å². The number of fused-ring (bicyclic) bond motifs is 2. The summed E-state index contributed by atoms with van der Waals surface area (Å²) < 4.78 is 12.5. The molecule has 0 radical (unpaired) electrons. The first-order chi connectivity index (χ1) is 31.6. The van der Waals surface area contributed by atoms with E-state index >= 15 is 0 Å². The molecule has 3 aliphatic carbocycles. The maximum atomic E-state index is 14.2. The summed E-state index contributed by atoms with van der Waals surface area (Å²) >= 11 is 1.33. The predicted octanol–water partition coefficient (Wildman–Crippen LogP) is 15.3. The number of hydrogen-bond donors (Lipinski definition) is 1. The molecule has 0 aromatic heterocycles. The summed E-state index contributed by atoms with van der Waals surface area (Å²) in [4.78, 5) is 43.7. The molecule has 5 aromatic rings. The topological polar surface area (TPSA) is 95.7 Å². The largest absolute Gasteiger partial charge is 0.493 e. The number of hydrogen-bond acceptors (Lipinski definition) is 7. The smallest absolute Gasteiger partial charge is 0.345 e. The van der Waals surface area contributed by atoms with Crippen LogP contribution in [-0.2, 0) is 0 Å². The van der Waals surface area contributed by atoms with Gasteiger partial charge in [-0.1, -0.05) is 138 Å². The second kappa shape index (κ2) is 21.4. The van der Waals surface area contributed by atoms with Crippen LogP contribution in [0.25, 0.3) is 11.1 Å². The van der Waals surface area contributed by atoms with E-state index in [4.69, 9.17) is 15.2 Å². The van der Waals surface area contributed by atoms with Gasteiger partial charge < -0.3 is 15.2 Å². The molecule has 340 valence electrons. The minimum absolute atomic E-state index is 0.0475. The SMILES string of the molecule is CCCCCC1CCC(COc2c(C)cc(-c3ccc(Sc4cc(C(=O)Oc5ccc(C6CCC(CCCCC)CC6)cc5)c(N)c5c4C(=O)c4ccccc4C5=O)cc3)cc2C)CC1. The molecule has 8 rings (SSSR count). The quantitative estimate of drug-likeness (QED) is 0.0422. The summed E-state index contributed by atoms with van der Waals surface area (Å²) in [6.45, 7) is 9.56. The first kappa shape index (κ1) is 46.4. The summed E-state index contributed by atoms with van der Waals surface area (Å²) in [5.74, 6) is 2.89. The van der Waals surface area contributed by atoms with Gasteiger partial charge in [0, 0.05) is 26.5 Å². The van der Waals surface area contributed by atoms with E-state index in [1.54, 1.807) is 30.3 Å². The van der Waals surface area contributed by atoms with Gasteiger partial charge in [0.25, 0.3) is 0 Å². The van der Waals surface area contributed by atoms with Crippen LogP contribution in [0.15, 0.2) is 101 Å². The molecule has 0 unspecified atom stereocenters. The van der Waals surface area contributed by atoms with Crippen LogP contribution in [0.1, 0.15) is 181 Å². The molecule has 0 spiro atoms. The van der Waals surface area contributed by atoms with Crippen LogP contribution >= 0.6 is 11.8 Å². The zero-order valence-corrected chi connectivity index (χ0v) is 39.8. The van der Waals surface area contributed by atoms with Crippen molar-refractivity contribution in [3.05, 3.63) is 136 Å². The monoisotopic (exact) mass is 889 g/mol. The zero-order valence-electron chi connectivity index (χ0n) is 39.0. The Bertz CT molecular complexity index is 2450. The number of nitrogens with two attached hydrogens (primary N) is 1. The number of carbonyl (C=O) groups is 3. The highest BCUT2D eigenvalue weighted by molar-refractivity contribution is 7.99. The Kier molecular flexibility index (Phi) is 15.3. The van der Waals surface area contributed by atoms with Gasteiger partial charge >= 0.3 is 5.97 Å². The average molecular weight is 890 g/mol. The maximum Gasteiger partial charge on any atom is 0.345 e. The Morgan fingerprint density at radius 3 is 1.78 bits per heavy atom. The molecule has 7 heteroatoms. The fourth-order valence-corrected chi connectivity index (χ4v) is 11.7. The lowest BCUT2D eigenvalue weighted by Crippen LogP contribution is -2.25. The Balaban J connectivity index is 0.976. The number of aryl methyl sites for hydroxylation is 2. The molecule has 0 saturated heterocycles. The van der Waals surface area contributed by atoms with Crippen LogP contribution < -0.4 is 15.2 Å². The second-order valence-corrected chi connectivity index (χ2v) is 20.3. The van der Waals surface area contributed by atoms with Crippen molar-refractivity contribution >= 4 is 35.0 Å². The zero-order chi connectivity index (χ0) is 45.5. The Morgan fingerprint density at radius 1 is 0.646 bits per heavy atom. The molecule has 3 aliphatic rings. The lowest BCUT2D eigenvalue weighted by Gasteiger charge is -2.29. The van der Waals surface area contributed by atoms with Gasteiger partial charge in [-0.05, 0) is 146 Å². The van der Waals surface area contributed by atoms with E-state index in [1.807, 2.05) is 24.3 Å². The van der Waals surface area contributed by atoms with E-state index in [0.717, 1.165) is 51.3 Å². The molecule has 0 aliphatic heterocycles. The summed E-state index contributed by atoms with van der Waals surface area (Å²) in [6, 6.07) is 28.8. The molecular formula is C58H67NO5S. The third-order valence-electron chi connectivity index (χ3n) is 14.6. The third kappa shape index (κ3) is 10.8. The van der Waals surface area contributed by atoms with Crippen molar-refractivity contribution in [2.24, 2.45) is 17.8 Å². The van der Waals surface area contributed by atoms with Gasteiger partial charge in [0.15, 0.2) is 11.6 Å². The molecule has 2 N–H and O–H groups in total. The summed E-state index contributed by atoms with van der Waals surface area (Å²) in [5.41, 5.74) is 13.2. The Labute approximate surface area is 391 Å². The van der Waals surface area contributed by atoms with E-state index in [0.29, 0.717) is 28.0 Å².